The lowest BCUT2D eigenvalue weighted by atomic mass is 10.0. The van der Waals surface area contributed by atoms with Gasteiger partial charge in [-0.3, -0.25) is 0 Å². The number of unbranched alkanes of at least 4 members (excludes halogenated alkanes) is 5. The average molecular weight is 551 g/mol. The van der Waals surface area contributed by atoms with Crippen molar-refractivity contribution in [3.63, 3.8) is 0 Å². The second-order valence-corrected chi connectivity index (χ2v) is 10.3. The molecule has 1 unspecified atom stereocenters. The van der Waals surface area contributed by atoms with Gasteiger partial charge in [-0.05, 0) is 72.0 Å². The van der Waals surface area contributed by atoms with Crippen LogP contribution in [0.25, 0.3) is 11.1 Å². The summed E-state index contributed by atoms with van der Waals surface area (Å²) in [5.41, 5.74) is 2.69. The second-order valence-electron chi connectivity index (χ2n) is 9.86. The number of carbonyl (C=O) groups excluding carboxylic acids is 2. The second kappa shape index (κ2) is 15.9. The molecule has 0 heterocycles. The van der Waals surface area contributed by atoms with Crippen molar-refractivity contribution in [1.29, 1.82) is 0 Å². The zero-order chi connectivity index (χ0) is 28.0. The minimum Gasteiger partial charge on any atom is -0.492 e. The number of hydrogen-bond acceptors (Lipinski definition) is 5. The van der Waals surface area contributed by atoms with Crippen LogP contribution in [0, 0.1) is 5.92 Å². The standard InChI is InChI=1S/C33H39ClO5/c1-4-6-7-8-9-10-21-37-31-20-17-28(22-30(31)34)25-11-13-27(14-12-25)33(36)39-29-18-15-26(16-19-29)32(35)38-23-24(3)5-2/h11-20,22,24H,4-10,21,23H2,1-3H3. The van der Waals surface area contributed by atoms with Gasteiger partial charge in [0.05, 0.1) is 29.4 Å². The number of benzene rings is 3. The average Bonchev–Trinajstić information content (AvgIpc) is 2.96. The first-order valence-electron chi connectivity index (χ1n) is 13.9. The molecule has 3 aromatic carbocycles. The predicted octanol–water partition coefficient (Wildman–Crippen LogP) is 9.17. The van der Waals surface area contributed by atoms with Crippen molar-refractivity contribution >= 4 is 23.5 Å². The van der Waals surface area contributed by atoms with Gasteiger partial charge in [0.2, 0.25) is 0 Å². The first kappa shape index (κ1) is 30.2. The number of halogens is 1. The summed E-state index contributed by atoms with van der Waals surface area (Å²) in [7, 11) is 0. The van der Waals surface area contributed by atoms with E-state index in [0.717, 1.165) is 24.0 Å². The molecule has 6 heteroatoms. The van der Waals surface area contributed by atoms with E-state index < -0.39 is 5.97 Å². The lowest BCUT2D eigenvalue weighted by molar-refractivity contribution is 0.0447. The van der Waals surface area contributed by atoms with Crippen molar-refractivity contribution in [3.05, 3.63) is 82.9 Å². The maximum absolute atomic E-state index is 12.6. The SMILES string of the molecule is CCCCCCCCOc1ccc(-c2ccc(C(=O)Oc3ccc(C(=O)OCC(C)CC)cc3)cc2)cc1Cl. The summed E-state index contributed by atoms with van der Waals surface area (Å²) in [4.78, 5) is 24.8. The molecule has 0 aliphatic heterocycles. The van der Waals surface area contributed by atoms with Crippen molar-refractivity contribution in [3.8, 4) is 22.6 Å². The smallest absolute Gasteiger partial charge is 0.343 e. The van der Waals surface area contributed by atoms with Crippen LogP contribution in [-0.4, -0.2) is 25.2 Å². The quantitative estimate of drug-likeness (QED) is 0.107. The summed E-state index contributed by atoms with van der Waals surface area (Å²) in [6, 6.07) is 19.2. The Hall–Kier alpha value is -3.31. The van der Waals surface area contributed by atoms with Crippen LogP contribution in [0.1, 0.15) is 86.4 Å². The number of ether oxygens (including phenoxy) is 3. The summed E-state index contributed by atoms with van der Waals surface area (Å²) in [5.74, 6) is 0.479. The molecular formula is C33H39ClO5. The normalized spacial score (nSPS) is 11.6. The molecule has 0 saturated heterocycles. The number of hydrogen-bond donors (Lipinski definition) is 0. The molecule has 0 N–H and O–H groups in total. The van der Waals surface area contributed by atoms with Crippen LogP contribution in [0.5, 0.6) is 11.5 Å². The van der Waals surface area contributed by atoms with E-state index in [4.69, 9.17) is 25.8 Å². The Kier molecular flexibility index (Phi) is 12.4. The largest absolute Gasteiger partial charge is 0.492 e. The third-order valence-electron chi connectivity index (χ3n) is 6.64. The first-order chi connectivity index (χ1) is 18.9. The van der Waals surface area contributed by atoms with E-state index in [1.165, 1.54) is 32.1 Å². The van der Waals surface area contributed by atoms with Crippen molar-refractivity contribution in [2.75, 3.05) is 13.2 Å². The van der Waals surface area contributed by atoms with Crippen LogP contribution in [0.4, 0.5) is 0 Å². The van der Waals surface area contributed by atoms with Gasteiger partial charge in [-0.15, -0.1) is 0 Å². The van der Waals surface area contributed by atoms with Crippen molar-refractivity contribution < 1.29 is 23.8 Å². The third-order valence-corrected chi connectivity index (χ3v) is 6.93. The zero-order valence-corrected chi connectivity index (χ0v) is 24.0. The Bertz CT molecular complexity index is 1190. The third kappa shape index (κ3) is 9.74. The van der Waals surface area contributed by atoms with E-state index in [1.54, 1.807) is 36.4 Å². The molecule has 0 bridgehead atoms. The van der Waals surface area contributed by atoms with Crippen LogP contribution in [0.2, 0.25) is 5.02 Å². The van der Waals surface area contributed by atoms with Crippen LogP contribution in [-0.2, 0) is 4.74 Å². The molecule has 5 nitrogen and oxygen atoms in total. The highest BCUT2D eigenvalue weighted by molar-refractivity contribution is 6.32. The van der Waals surface area contributed by atoms with Gasteiger partial charge in [0, 0.05) is 0 Å². The predicted molar refractivity (Wildman–Crippen MR) is 157 cm³/mol. The van der Waals surface area contributed by atoms with Crippen LogP contribution in [0.15, 0.2) is 66.7 Å². The molecule has 3 aromatic rings. The van der Waals surface area contributed by atoms with E-state index in [0.29, 0.717) is 46.8 Å². The van der Waals surface area contributed by atoms with Crippen molar-refractivity contribution in [1.82, 2.24) is 0 Å². The minimum absolute atomic E-state index is 0.311. The van der Waals surface area contributed by atoms with Gasteiger partial charge in [-0.1, -0.05) is 89.1 Å². The summed E-state index contributed by atoms with van der Waals surface area (Å²) in [6.07, 6.45) is 8.21. The van der Waals surface area contributed by atoms with Gasteiger partial charge in [0.15, 0.2) is 0 Å². The van der Waals surface area contributed by atoms with Gasteiger partial charge >= 0.3 is 11.9 Å². The van der Waals surface area contributed by atoms with Crippen LogP contribution < -0.4 is 9.47 Å². The summed E-state index contributed by atoms with van der Waals surface area (Å²) < 4.78 is 16.7. The van der Waals surface area contributed by atoms with E-state index in [2.05, 4.69) is 13.8 Å². The Labute approximate surface area is 237 Å². The van der Waals surface area contributed by atoms with E-state index in [1.807, 2.05) is 37.3 Å². The molecule has 3 rings (SSSR count). The van der Waals surface area contributed by atoms with Crippen LogP contribution in [0.3, 0.4) is 0 Å². The number of esters is 2. The molecule has 0 spiro atoms. The zero-order valence-electron chi connectivity index (χ0n) is 23.2. The number of rotatable bonds is 15. The minimum atomic E-state index is -0.481. The van der Waals surface area contributed by atoms with Gasteiger partial charge in [0.25, 0.3) is 0 Å². The highest BCUT2D eigenvalue weighted by atomic mass is 35.5. The fourth-order valence-electron chi connectivity index (χ4n) is 3.90. The fraction of sp³-hybridized carbons (Fsp3) is 0.394. The Morgan fingerprint density at radius 2 is 1.38 bits per heavy atom. The molecule has 39 heavy (non-hydrogen) atoms. The maximum Gasteiger partial charge on any atom is 0.343 e. The molecule has 0 aromatic heterocycles. The monoisotopic (exact) mass is 550 g/mol. The highest BCUT2D eigenvalue weighted by Crippen LogP contribution is 2.31. The molecule has 208 valence electrons. The van der Waals surface area contributed by atoms with E-state index >= 15 is 0 Å². The van der Waals surface area contributed by atoms with Gasteiger partial charge in [0.1, 0.15) is 11.5 Å². The summed E-state index contributed by atoms with van der Waals surface area (Å²) in [6.45, 7) is 7.34. The molecule has 0 fully saturated rings. The lowest BCUT2D eigenvalue weighted by Crippen LogP contribution is -2.12. The molecule has 0 aliphatic rings. The van der Waals surface area contributed by atoms with E-state index in [-0.39, 0.29) is 5.97 Å². The molecule has 0 amide bonds. The number of carbonyl (C=O) groups is 2. The molecule has 0 aliphatic carbocycles. The summed E-state index contributed by atoms with van der Waals surface area (Å²) in [5, 5.41) is 0.564. The van der Waals surface area contributed by atoms with Gasteiger partial charge in [-0.25, -0.2) is 9.59 Å². The van der Waals surface area contributed by atoms with E-state index in [9.17, 15) is 9.59 Å². The van der Waals surface area contributed by atoms with Gasteiger partial charge in [-0.2, -0.15) is 0 Å². The highest BCUT2D eigenvalue weighted by Gasteiger charge is 2.13. The molecular weight excluding hydrogens is 512 g/mol. The molecule has 1 atom stereocenters. The first-order valence-corrected chi connectivity index (χ1v) is 14.3. The fourth-order valence-corrected chi connectivity index (χ4v) is 4.14. The topological polar surface area (TPSA) is 61.8 Å². The molecule has 0 radical (unpaired) electrons. The summed E-state index contributed by atoms with van der Waals surface area (Å²) >= 11 is 6.47. The van der Waals surface area contributed by atoms with Crippen LogP contribution >= 0.6 is 11.6 Å². The van der Waals surface area contributed by atoms with Crippen molar-refractivity contribution in [2.45, 2.75) is 65.7 Å². The maximum atomic E-state index is 12.6. The van der Waals surface area contributed by atoms with Gasteiger partial charge < -0.3 is 14.2 Å². The Morgan fingerprint density at radius 3 is 2.05 bits per heavy atom. The Morgan fingerprint density at radius 1 is 0.769 bits per heavy atom. The van der Waals surface area contributed by atoms with Crippen molar-refractivity contribution in [2.24, 2.45) is 5.92 Å². The lowest BCUT2D eigenvalue weighted by Gasteiger charge is -2.11. The Balaban J connectivity index is 1.51. The molecule has 0 saturated carbocycles.